The van der Waals surface area contributed by atoms with Gasteiger partial charge >= 0.3 is 18.5 Å². The minimum Gasteiger partial charge on any atom is -0.319 e. The fourth-order valence-electron chi connectivity index (χ4n) is 2.58. The molecule has 32 heavy (non-hydrogen) atoms. The number of carbonyl (C=O) groups excluding carboxylic acids is 1. The van der Waals surface area contributed by atoms with Crippen LogP contribution in [0.4, 0.5) is 45.2 Å². The van der Waals surface area contributed by atoms with Crippen molar-refractivity contribution in [2.24, 2.45) is 0 Å². The average Bonchev–Trinajstić information content (AvgIpc) is 3.14. The fraction of sp³-hybridized carbons (Fsp3) is 0.167. The van der Waals surface area contributed by atoms with E-state index in [1.54, 1.807) is 0 Å². The van der Waals surface area contributed by atoms with Crippen LogP contribution < -0.4 is 5.32 Å². The zero-order chi connectivity index (χ0) is 23.9. The summed E-state index contributed by atoms with van der Waals surface area (Å²) in [4.78, 5) is 15.9. The SMILES string of the molecule is O=C(Nc1cccnc1-n1nc(C(F)(F)F)cc1C(F)(F)F)c1cccc(C(F)(F)F)c1. The van der Waals surface area contributed by atoms with Gasteiger partial charge in [-0.15, -0.1) is 0 Å². The van der Waals surface area contributed by atoms with Crippen LogP contribution in [0.15, 0.2) is 48.7 Å². The number of pyridine rings is 1. The van der Waals surface area contributed by atoms with Crippen LogP contribution in [0, 0.1) is 0 Å². The molecule has 0 fully saturated rings. The van der Waals surface area contributed by atoms with Crippen LogP contribution in [0.2, 0.25) is 0 Å². The summed E-state index contributed by atoms with van der Waals surface area (Å²) >= 11 is 0. The summed E-state index contributed by atoms with van der Waals surface area (Å²) in [6.07, 6.45) is -14.3. The number of alkyl halides is 9. The number of amides is 1. The van der Waals surface area contributed by atoms with Gasteiger partial charge in [0.05, 0.1) is 11.3 Å². The molecule has 0 aliphatic rings. The summed E-state index contributed by atoms with van der Waals surface area (Å²) in [6.45, 7) is 0. The molecule has 14 heteroatoms. The van der Waals surface area contributed by atoms with Crippen LogP contribution >= 0.6 is 0 Å². The first-order chi connectivity index (χ1) is 14.7. The van der Waals surface area contributed by atoms with Crippen molar-refractivity contribution < 1.29 is 44.3 Å². The number of aromatic nitrogens is 3. The monoisotopic (exact) mass is 468 g/mol. The molecule has 1 N–H and O–H groups in total. The van der Waals surface area contributed by atoms with Gasteiger partial charge in [-0.3, -0.25) is 4.79 Å². The molecule has 0 saturated carbocycles. The van der Waals surface area contributed by atoms with Gasteiger partial charge in [-0.25, -0.2) is 9.67 Å². The van der Waals surface area contributed by atoms with E-state index in [0.717, 1.165) is 30.5 Å². The lowest BCUT2D eigenvalue weighted by molar-refractivity contribution is -0.143. The highest BCUT2D eigenvalue weighted by molar-refractivity contribution is 6.05. The summed E-state index contributed by atoms with van der Waals surface area (Å²) in [5, 5.41) is 4.97. The average molecular weight is 468 g/mol. The number of hydrogen-bond donors (Lipinski definition) is 1. The third-order valence-electron chi connectivity index (χ3n) is 3.98. The van der Waals surface area contributed by atoms with Gasteiger partial charge in [0.25, 0.3) is 5.91 Å². The lowest BCUT2D eigenvalue weighted by Gasteiger charge is -2.14. The lowest BCUT2D eigenvalue weighted by atomic mass is 10.1. The summed E-state index contributed by atoms with van der Waals surface area (Å²) in [6, 6.07) is 5.07. The highest BCUT2D eigenvalue weighted by Gasteiger charge is 2.42. The maximum absolute atomic E-state index is 13.3. The van der Waals surface area contributed by atoms with Crippen LogP contribution in [0.1, 0.15) is 27.3 Å². The van der Waals surface area contributed by atoms with Crippen LogP contribution in [-0.4, -0.2) is 20.7 Å². The van der Waals surface area contributed by atoms with Gasteiger partial charge in [0.2, 0.25) is 0 Å². The lowest BCUT2D eigenvalue weighted by Crippen LogP contribution is -2.19. The Labute approximate surface area is 172 Å². The Balaban J connectivity index is 2.05. The Morgan fingerprint density at radius 1 is 0.844 bits per heavy atom. The van der Waals surface area contributed by atoms with Gasteiger partial charge < -0.3 is 5.32 Å². The van der Waals surface area contributed by atoms with E-state index in [1.807, 2.05) is 0 Å². The molecule has 2 heterocycles. The molecule has 170 valence electrons. The van der Waals surface area contributed by atoms with E-state index in [4.69, 9.17) is 0 Å². The van der Waals surface area contributed by atoms with Crippen LogP contribution in [-0.2, 0) is 18.5 Å². The zero-order valence-electron chi connectivity index (χ0n) is 15.3. The summed E-state index contributed by atoms with van der Waals surface area (Å²) in [5.41, 5.74) is -5.85. The van der Waals surface area contributed by atoms with Gasteiger partial charge in [-0.2, -0.15) is 44.6 Å². The number of rotatable bonds is 3. The number of benzene rings is 1. The Morgan fingerprint density at radius 2 is 1.53 bits per heavy atom. The third-order valence-corrected chi connectivity index (χ3v) is 3.98. The zero-order valence-corrected chi connectivity index (χ0v) is 15.3. The molecule has 0 spiro atoms. The first-order valence-corrected chi connectivity index (χ1v) is 8.36. The smallest absolute Gasteiger partial charge is 0.319 e. The first-order valence-electron chi connectivity index (χ1n) is 8.36. The number of anilines is 1. The van der Waals surface area contributed by atoms with Crippen molar-refractivity contribution in [3.05, 3.63) is 71.2 Å². The van der Waals surface area contributed by atoms with E-state index in [2.05, 4.69) is 15.4 Å². The molecule has 2 aromatic heterocycles. The Hall–Kier alpha value is -3.58. The van der Waals surface area contributed by atoms with E-state index in [0.29, 0.717) is 12.1 Å². The van der Waals surface area contributed by atoms with Crippen molar-refractivity contribution >= 4 is 11.6 Å². The van der Waals surface area contributed by atoms with Gasteiger partial charge in [0.1, 0.15) is 0 Å². The van der Waals surface area contributed by atoms with Gasteiger partial charge in [0.15, 0.2) is 17.2 Å². The van der Waals surface area contributed by atoms with Gasteiger partial charge in [-0.1, -0.05) is 6.07 Å². The molecule has 3 aromatic rings. The Kier molecular flexibility index (Phi) is 5.65. The molecule has 0 unspecified atom stereocenters. The molecule has 5 nitrogen and oxygen atoms in total. The summed E-state index contributed by atoms with van der Waals surface area (Å²) in [7, 11) is 0. The molecule has 0 saturated heterocycles. The number of nitrogens with one attached hydrogen (secondary N) is 1. The number of nitrogens with zero attached hydrogens (tertiary/aromatic N) is 3. The molecular formula is C18H9F9N4O. The van der Waals surface area contributed by atoms with Crippen molar-refractivity contribution in [2.75, 3.05) is 5.32 Å². The number of halogens is 9. The molecular weight excluding hydrogens is 459 g/mol. The molecule has 1 amide bonds. The normalized spacial score (nSPS) is 12.7. The maximum Gasteiger partial charge on any atom is 0.435 e. The van der Waals surface area contributed by atoms with Gasteiger partial charge in [-0.05, 0) is 30.3 Å². The van der Waals surface area contributed by atoms with E-state index in [9.17, 15) is 44.3 Å². The van der Waals surface area contributed by atoms with E-state index in [1.165, 1.54) is 0 Å². The third kappa shape index (κ3) is 4.84. The largest absolute Gasteiger partial charge is 0.435 e. The number of carbonyl (C=O) groups is 1. The minimum atomic E-state index is -5.27. The van der Waals surface area contributed by atoms with Crippen molar-refractivity contribution in [3.63, 3.8) is 0 Å². The van der Waals surface area contributed by atoms with Gasteiger partial charge in [0, 0.05) is 17.8 Å². The first kappa shape index (κ1) is 23.1. The molecule has 0 radical (unpaired) electrons. The number of hydrogen-bond acceptors (Lipinski definition) is 3. The molecule has 0 bridgehead atoms. The predicted octanol–water partition coefficient (Wildman–Crippen LogP) is 5.58. The second kappa shape index (κ2) is 7.84. The van der Waals surface area contributed by atoms with Crippen molar-refractivity contribution in [3.8, 4) is 5.82 Å². The molecule has 0 aliphatic heterocycles. The van der Waals surface area contributed by atoms with Crippen molar-refractivity contribution in [2.45, 2.75) is 18.5 Å². The molecule has 1 aromatic carbocycles. The second-order valence-electron chi connectivity index (χ2n) is 6.23. The second-order valence-corrected chi connectivity index (χ2v) is 6.23. The predicted molar refractivity (Wildman–Crippen MR) is 90.8 cm³/mol. The van der Waals surface area contributed by atoms with Crippen LogP contribution in [0.5, 0.6) is 0 Å². The maximum atomic E-state index is 13.3. The topological polar surface area (TPSA) is 59.8 Å². The standard InChI is InChI=1S/C18H9F9N4O/c19-16(20,21)10-4-1-3-9(7-10)15(32)29-11-5-2-6-28-14(11)31-13(18(25,26)27)8-12(30-31)17(22,23)24/h1-8H,(H,29,32). The fourth-order valence-corrected chi connectivity index (χ4v) is 2.58. The highest BCUT2D eigenvalue weighted by atomic mass is 19.4. The van der Waals surface area contributed by atoms with Crippen LogP contribution in [0.3, 0.4) is 0 Å². The van der Waals surface area contributed by atoms with Crippen LogP contribution in [0.25, 0.3) is 5.82 Å². The Bertz CT molecular complexity index is 1150. The summed E-state index contributed by atoms with van der Waals surface area (Å²) in [5.74, 6) is -1.99. The highest BCUT2D eigenvalue weighted by Crippen LogP contribution is 2.37. The van der Waals surface area contributed by atoms with E-state index >= 15 is 0 Å². The minimum absolute atomic E-state index is 0.148. The quantitative estimate of drug-likeness (QED) is 0.511. The molecule has 3 rings (SSSR count). The van der Waals surface area contributed by atoms with E-state index < -0.39 is 58.5 Å². The van der Waals surface area contributed by atoms with Crippen molar-refractivity contribution in [1.82, 2.24) is 14.8 Å². The van der Waals surface area contributed by atoms with E-state index in [-0.39, 0.29) is 10.7 Å². The molecule has 0 aliphatic carbocycles. The summed E-state index contributed by atoms with van der Waals surface area (Å²) < 4.78 is 117. The van der Waals surface area contributed by atoms with Crippen molar-refractivity contribution in [1.29, 1.82) is 0 Å². The Morgan fingerprint density at radius 3 is 2.12 bits per heavy atom. The molecule has 0 atom stereocenters.